The molecule has 1 aliphatic carbocycles. The first-order chi connectivity index (χ1) is 13.1. The van der Waals surface area contributed by atoms with Crippen LogP contribution < -0.4 is 0 Å². The van der Waals surface area contributed by atoms with Crippen LogP contribution in [0.3, 0.4) is 0 Å². The van der Waals surface area contributed by atoms with Crippen molar-refractivity contribution in [3.63, 3.8) is 0 Å². The van der Waals surface area contributed by atoms with Crippen molar-refractivity contribution in [2.24, 2.45) is 5.92 Å². The van der Waals surface area contributed by atoms with E-state index in [1.165, 1.54) is 31.7 Å². The molecule has 1 aromatic heterocycles. The SMILES string of the molecule is O=C(OCC(=O)N1CCC[C@@H]2CCCC[C@H]21)c1cc(Cl)nc2ccccc12. The highest BCUT2D eigenvalue weighted by molar-refractivity contribution is 6.30. The van der Waals surface area contributed by atoms with Gasteiger partial charge in [0.2, 0.25) is 0 Å². The molecule has 142 valence electrons. The fraction of sp³-hybridized carbons (Fsp3) is 0.476. The zero-order chi connectivity index (χ0) is 18.8. The second-order valence-corrected chi connectivity index (χ2v) is 7.81. The van der Waals surface area contributed by atoms with Crippen LogP contribution in [0.25, 0.3) is 10.9 Å². The lowest BCUT2D eigenvalue weighted by Gasteiger charge is -2.44. The van der Waals surface area contributed by atoms with Crippen LogP contribution in [-0.2, 0) is 9.53 Å². The third-order valence-electron chi connectivity index (χ3n) is 5.80. The molecule has 0 radical (unpaired) electrons. The van der Waals surface area contributed by atoms with Crippen molar-refractivity contribution in [3.8, 4) is 0 Å². The summed E-state index contributed by atoms with van der Waals surface area (Å²) in [6, 6.07) is 9.07. The summed E-state index contributed by atoms with van der Waals surface area (Å²) in [5, 5.41) is 0.901. The number of piperidine rings is 1. The fourth-order valence-electron chi connectivity index (χ4n) is 4.53. The van der Waals surface area contributed by atoms with Gasteiger partial charge in [0.1, 0.15) is 5.15 Å². The summed E-state index contributed by atoms with van der Waals surface area (Å²) >= 11 is 6.03. The number of hydrogen-bond acceptors (Lipinski definition) is 4. The van der Waals surface area contributed by atoms with Gasteiger partial charge in [0, 0.05) is 18.0 Å². The highest BCUT2D eigenvalue weighted by Gasteiger charge is 2.35. The topological polar surface area (TPSA) is 59.5 Å². The lowest BCUT2D eigenvalue weighted by atomic mass is 9.78. The molecule has 6 heteroatoms. The van der Waals surface area contributed by atoms with Gasteiger partial charge in [0.15, 0.2) is 6.61 Å². The smallest absolute Gasteiger partial charge is 0.339 e. The van der Waals surface area contributed by atoms with Gasteiger partial charge in [-0.3, -0.25) is 4.79 Å². The minimum Gasteiger partial charge on any atom is -0.452 e. The number of rotatable bonds is 3. The van der Waals surface area contributed by atoms with Crippen LogP contribution in [0, 0.1) is 5.92 Å². The van der Waals surface area contributed by atoms with Crippen LogP contribution in [0.2, 0.25) is 5.15 Å². The van der Waals surface area contributed by atoms with Gasteiger partial charge in [-0.05, 0) is 43.7 Å². The van der Waals surface area contributed by atoms with Crippen LogP contribution >= 0.6 is 11.6 Å². The Hall–Kier alpha value is -2.14. The summed E-state index contributed by atoms with van der Waals surface area (Å²) in [7, 11) is 0. The quantitative estimate of drug-likeness (QED) is 0.585. The maximum absolute atomic E-state index is 12.7. The van der Waals surface area contributed by atoms with Gasteiger partial charge in [0.05, 0.1) is 11.1 Å². The number of pyridine rings is 1. The van der Waals surface area contributed by atoms with Crippen molar-refractivity contribution in [1.82, 2.24) is 9.88 Å². The third kappa shape index (κ3) is 3.79. The molecule has 27 heavy (non-hydrogen) atoms. The Labute approximate surface area is 163 Å². The van der Waals surface area contributed by atoms with E-state index in [4.69, 9.17) is 16.3 Å². The number of benzene rings is 1. The number of fused-ring (bicyclic) bond motifs is 2. The predicted molar refractivity (Wildman–Crippen MR) is 104 cm³/mol. The molecule has 1 aromatic carbocycles. The number of ether oxygens (including phenoxy) is 1. The molecular formula is C21H23ClN2O3. The molecule has 2 aliphatic rings. The normalized spacial score (nSPS) is 22.3. The first-order valence-electron chi connectivity index (χ1n) is 9.65. The summed E-state index contributed by atoms with van der Waals surface area (Å²) in [4.78, 5) is 31.5. The summed E-state index contributed by atoms with van der Waals surface area (Å²) in [5.74, 6) is -0.0273. The molecule has 0 unspecified atom stereocenters. The molecule has 4 rings (SSSR count). The Morgan fingerprint density at radius 3 is 2.81 bits per heavy atom. The van der Waals surface area contributed by atoms with Gasteiger partial charge >= 0.3 is 5.97 Å². The van der Waals surface area contributed by atoms with Gasteiger partial charge in [0.25, 0.3) is 5.91 Å². The molecular weight excluding hydrogens is 364 g/mol. The van der Waals surface area contributed by atoms with Crippen molar-refractivity contribution in [2.45, 2.75) is 44.6 Å². The Bertz CT molecular complexity index is 868. The molecule has 2 aromatic rings. The van der Waals surface area contributed by atoms with E-state index in [0.717, 1.165) is 19.4 Å². The van der Waals surface area contributed by atoms with Crippen molar-refractivity contribution in [2.75, 3.05) is 13.2 Å². The zero-order valence-electron chi connectivity index (χ0n) is 15.2. The van der Waals surface area contributed by atoms with Crippen LogP contribution in [0.5, 0.6) is 0 Å². The largest absolute Gasteiger partial charge is 0.452 e. The maximum atomic E-state index is 12.7. The molecule has 1 amide bonds. The summed E-state index contributed by atoms with van der Waals surface area (Å²) < 4.78 is 5.37. The van der Waals surface area contributed by atoms with Gasteiger partial charge in [-0.2, -0.15) is 0 Å². The van der Waals surface area contributed by atoms with Crippen molar-refractivity contribution < 1.29 is 14.3 Å². The highest BCUT2D eigenvalue weighted by atomic mass is 35.5. The lowest BCUT2D eigenvalue weighted by Crippen LogP contribution is -2.50. The summed E-state index contributed by atoms with van der Waals surface area (Å²) in [6.45, 7) is 0.540. The van der Waals surface area contributed by atoms with Gasteiger partial charge in [-0.15, -0.1) is 0 Å². The number of hydrogen-bond donors (Lipinski definition) is 0. The number of amides is 1. The van der Waals surface area contributed by atoms with Crippen molar-refractivity contribution in [3.05, 3.63) is 41.0 Å². The van der Waals surface area contributed by atoms with Gasteiger partial charge in [-0.25, -0.2) is 9.78 Å². The van der Waals surface area contributed by atoms with Crippen LogP contribution in [0.1, 0.15) is 48.9 Å². The molecule has 5 nitrogen and oxygen atoms in total. The second kappa shape index (κ2) is 7.85. The molecule has 2 heterocycles. The van der Waals surface area contributed by atoms with E-state index < -0.39 is 5.97 Å². The molecule has 0 N–H and O–H groups in total. The first-order valence-corrected chi connectivity index (χ1v) is 10.0. The molecule has 0 bridgehead atoms. The molecule has 2 atom stereocenters. The zero-order valence-corrected chi connectivity index (χ0v) is 16.0. The van der Waals surface area contributed by atoms with Crippen molar-refractivity contribution in [1.29, 1.82) is 0 Å². The van der Waals surface area contributed by atoms with Crippen LogP contribution in [-0.4, -0.2) is 41.0 Å². The average Bonchev–Trinajstić information content (AvgIpc) is 2.70. The number of aromatic nitrogens is 1. The monoisotopic (exact) mass is 386 g/mol. The Balaban J connectivity index is 1.45. The highest BCUT2D eigenvalue weighted by Crippen LogP contribution is 2.35. The second-order valence-electron chi connectivity index (χ2n) is 7.43. The summed E-state index contributed by atoms with van der Waals surface area (Å²) in [6.07, 6.45) is 6.94. The van der Waals surface area contributed by atoms with E-state index in [1.54, 1.807) is 12.1 Å². The molecule has 1 aliphatic heterocycles. The Kier molecular flexibility index (Phi) is 5.30. The first kappa shape index (κ1) is 18.2. The molecule has 0 spiro atoms. The number of nitrogens with zero attached hydrogens (tertiary/aromatic N) is 2. The van der Waals surface area contributed by atoms with E-state index in [1.807, 2.05) is 17.0 Å². The molecule has 1 saturated carbocycles. The summed E-state index contributed by atoms with van der Waals surface area (Å²) in [5.41, 5.74) is 0.969. The van der Waals surface area contributed by atoms with E-state index >= 15 is 0 Å². The van der Waals surface area contributed by atoms with Gasteiger partial charge < -0.3 is 9.64 Å². The lowest BCUT2D eigenvalue weighted by molar-refractivity contribution is -0.140. The van der Waals surface area contributed by atoms with Crippen LogP contribution in [0.15, 0.2) is 30.3 Å². The fourth-order valence-corrected chi connectivity index (χ4v) is 4.73. The molecule has 1 saturated heterocycles. The number of likely N-dealkylation sites (tertiary alicyclic amines) is 1. The number of esters is 1. The number of carbonyl (C=O) groups is 2. The number of carbonyl (C=O) groups excluding carboxylic acids is 2. The minimum absolute atomic E-state index is 0.0931. The number of para-hydroxylation sites is 1. The van der Waals surface area contributed by atoms with E-state index in [0.29, 0.717) is 28.4 Å². The number of halogens is 1. The van der Waals surface area contributed by atoms with Gasteiger partial charge in [-0.1, -0.05) is 42.6 Å². The van der Waals surface area contributed by atoms with E-state index in [9.17, 15) is 9.59 Å². The standard InChI is InChI=1S/C21H23ClN2O3/c22-19-12-16(15-8-2-3-9-17(15)23-19)21(26)27-13-20(25)24-11-5-7-14-6-1-4-10-18(14)24/h2-3,8-9,12,14,18H,1,4-7,10-11,13H2/t14-,18+/m0/s1. The maximum Gasteiger partial charge on any atom is 0.339 e. The predicted octanol–water partition coefficient (Wildman–Crippen LogP) is 4.23. The van der Waals surface area contributed by atoms with Crippen LogP contribution in [0.4, 0.5) is 0 Å². The molecule has 2 fully saturated rings. The van der Waals surface area contributed by atoms with E-state index in [-0.39, 0.29) is 17.7 Å². The Morgan fingerprint density at radius 1 is 1.15 bits per heavy atom. The average molecular weight is 387 g/mol. The van der Waals surface area contributed by atoms with E-state index in [2.05, 4.69) is 4.98 Å². The minimum atomic E-state index is -0.541. The van der Waals surface area contributed by atoms with Crippen molar-refractivity contribution >= 4 is 34.4 Å². The Morgan fingerprint density at radius 2 is 1.93 bits per heavy atom. The third-order valence-corrected chi connectivity index (χ3v) is 5.99.